The van der Waals surface area contributed by atoms with Crippen LogP contribution in [0.2, 0.25) is 0 Å². The van der Waals surface area contributed by atoms with Gasteiger partial charge in [-0.15, -0.1) is 0 Å². The van der Waals surface area contributed by atoms with Crippen LogP contribution in [0.15, 0.2) is 30.3 Å². The Morgan fingerprint density at radius 2 is 1.64 bits per heavy atom. The van der Waals surface area contributed by atoms with Crippen LogP contribution in [0.4, 0.5) is 0 Å². The summed E-state index contributed by atoms with van der Waals surface area (Å²) in [6.45, 7) is 2.29. The van der Waals surface area contributed by atoms with Crippen LogP contribution in [-0.4, -0.2) is 0 Å². The Bertz CT molecular complexity index is 321. The molecule has 0 aliphatic heterocycles. The molecule has 0 heterocycles. The van der Waals surface area contributed by atoms with Crippen LogP contribution in [0.5, 0.6) is 0 Å². The molecular formula is C10H9Cl3Zr. The molecule has 0 aromatic heterocycles. The van der Waals surface area contributed by atoms with Gasteiger partial charge < -0.3 is 37.2 Å². The van der Waals surface area contributed by atoms with Gasteiger partial charge in [-0.1, -0.05) is 0 Å². The van der Waals surface area contributed by atoms with Crippen molar-refractivity contribution in [2.24, 2.45) is 0 Å². The van der Waals surface area contributed by atoms with Crippen molar-refractivity contribution in [3.05, 3.63) is 41.5 Å². The summed E-state index contributed by atoms with van der Waals surface area (Å²) in [6, 6.07) is 8.62. The fraction of sp³-hybridized carbons (Fsp3) is 0.200. The standard InChI is InChI=1S/C10H9.3ClH.Zr/c1-8-6-7-9-4-2-3-5-10(8)9;;;;/h2-7H,1H3;3*1H;/q;;;;+3/p-3. The van der Waals surface area contributed by atoms with Crippen LogP contribution in [0.25, 0.3) is 6.08 Å². The summed E-state index contributed by atoms with van der Waals surface area (Å²) in [5.41, 5.74) is 2.88. The average Bonchev–Trinajstić information content (AvgIpc) is 2.29. The fourth-order valence-corrected chi connectivity index (χ4v) is 2.23. The Morgan fingerprint density at radius 3 is 2.21 bits per heavy atom. The number of allylic oxidation sites excluding steroid dienone is 1. The Labute approximate surface area is 119 Å². The molecule has 0 bridgehead atoms. The van der Waals surface area contributed by atoms with Gasteiger partial charge in [0.05, 0.1) is 0 Å². The molecule has 74 valence electrons. The summed E-state index contributed by atoms with van der Waals surface area (Å²) in [7, 11) is 0. The van der Waals surface area contributed by atoms with Crippen molar-refractivity contribution in [3.63, 3.8) is 0 Å². The van der Waals surface area contributed by atoms with E-state index < -0.39 is 0 Å². The first-order chi connectivity index (χ1) is 5.20. The van der Waals surface area contributed by atoms with E-state index in [1.165, 1.54) is 11.1 Å². The van der Waals surface area contributed by atoms with Crippen molar-refractivity contribution in [1.82, 2.24) is 0 Å². The maximum Gasteiger partial charge on any atom is -1.00 e. The molecule has 1 aliphatic rings. The average molecular weight is 327 g/mol. The molecule has 1 aromatic carbocycles. The van der Waals surface area contributed by atoms with E-state index in [-0.39, 0.29) is 37.2 Å². The van der Waals surface area contributed by atoms with Gasteiger partial charge in [0.2, 0.25) is 0 Å². The first-order valence-electron chi connectivity index (χ1n) is 3.74. The number of benzene rings is 1. The third-order valence-corrected chi connectivity index (χ3v) is 3.19. The molecule has 0 saturated carbocycles. The summed E-state index contributed by atoms with van der Waals surface area (Å²) < 4.78 is 0.337. The second-order valence-electron chi connectivity index (χ2n) is 3.12. The van der Waals surface area contributed by atoms with Crippen LogP contribution in [-0.2, 0) is 27.8 Å². The quantitative estimate of drug-likeness (QED) is 0.445. The van der Waals surface area contributed by atoms with Gasteiger partial charge in [-0.3, -0.25) is 0 Å². The van der Waals surface area contributed by atoms with Gasteiger partial charge in [0.1, 0.15) is 0 Å². The van der Waals surface area contributed by atoms with Gasteiger partial charge in [0, 0.05) is 0 Å². The molecule has 0 nitrogen and oxygen atoms in total. The van der Waals surface area contributed by atoms with Crippen molar-refractivity contribution in [3.8, 4) is 0 Å². The Morgan fingerprint density at radius 1 is 1.07 bits per heavy atom. The van der Waals surface area contributed by atoms with E-state index >= 15 is 0 Å². The van der Waals surface area contributed by atoms with Crippen LogP contribution < -0.4 is 37.2 Å². The van der Waals surface area contributed by atoms with E-state index in [0.29, 0.717) is 3.12 Å². The van der Waals surface area contributed by atoms with Crippen LogP contribution in [0, 0.1) is 0 Å². The summed E-state index contributed by atoms with van der Waals surface area (Å²) in [5.74, 6) is 0. The van der Waals surface area contributed by atoms with E-state index in [4.69, 9.17) is 0 Å². The van der Waals surface area contributed by atoms with Crippen molar-refractivity contribution in [2.75, 3.05) is 0 Å². The van der Waals surface area contributed by atoms with E-state index in [0.717, 1.165) is 0 Å². The maximum atomic E-state index is 2.30. The van der Waals surface area contributed by atoms with Gasteiger partial charge in [0.15, 0.2) is 0 Å². The van der Waals surface area contributed by atoms with Crippen molar-refractivity contribution < 1.29 is 61.9 Å². The monoisotopic (exact) mass is 324 g/mol. The number of hydrogen-bond donors (Lipinski definition) is 0. The van der Waals surface area contributed by atoms with Crippen LogP contribution in [0.1, 0.15) is 18.1 Å². The van der Waals surface area contributed by atoms with Crippen molar-refractivity contribution >= 4 is 6.08 Å². The van der Waals surface area contributed by atoms with Gasteiger partial charge in [0.25, 0.3) is 0 Å². The SMILES string of the molecule is C[C]1([Zr+3])C=Cc2ccccc21.[Cl-].[Cl-].[Cl-]. The molecule has 0 N–H and O–H groups in total. The summed E-state index contributed by atoms with van der Waals surface area (Å²) in [6.07, 6.45) is 4.53. The first-order valence-corrected chi connectivity index (χ1v) is 4.97. The fourth-order valence-electron chi connectivity index (χ4n) is 1.46. The first kappa shape index (κ1) is 17.1. The summed E-state index contributed by atoms with van der Waals surface area (Å²) in [5, 5.41) is 0. The predicted molar refractivity (Wildman–Crippen MR) is 42.8 cm³/mol. The zero-order valence-corrected chi connectivity index (χ0v) is 12.3. The molecule has 0 spiro atoms. The van der Waals surface area contributed by atoms with Crippen molar-refractivity contribution in [2.45, 2.75) is 10.0 Å². The van der Waals surface area contributed by atoms with E-state index in [9.17, 15) is 0 Å². The number of hydrogen-bond acceptors (Lipinski definition) is 0. The third kappa shape index (κ3) is 3.10. The zero-order chi connectivity index (χ0) is 7.90. The molecule has 0 amide bonds. The Kier molecular flexibility index (Phi) is 7.74. The van der Waals surface area contributed by atoms with Gasteiger partial charge in [-0.2, -0.15) is 0 Å². The van der Waals surface area contributed by atoms with Gasteiger partial charge >= 0.3 is 82.3 Å². The van der Waals surface area contributed by atoms with E-state index in [1.54, 1.807) is 24.7 Å². The Hall–Kier alpha value is 0.713. The van der Waals surface area contributed by atoms with Crippen LogP contribution in [0.3, 0.4) is 0 Å². The molecule has 1 aromatic rings. The van der Waals surface area contributed by atoms with E-state index in [2.05, 4.69) is 43.3 Å². The molecule has 0 fully saturated rings. The maximum absolute atomic E-state index is 2.30. The zero-order valence-electron chi connectivity index (χ0n) is 7.60. The molecule has 0 saturated heterocycles. The molecule has 1 aliphatic carbocycles. The molecule has 2 rings (SSSR count). The summed E-state index contributed by atoms with van der Waals surface area (Å²) in [4.78, 5) is 0. The third-order valence-electron chi connectivity index (χ3n) is 2.12. The largest absolute Gasteiger partial charge is 1.00 e. The molecular weight excluding hydrogens is 318 g/mol. The second kappa shape index (κ2) is 6.33. The molecule has 1 atom stereocenters. The van der Waals surface area contributed by atoms with Gasteiger partial charge in [-0.05, 0) is 0 Å². The number of fused-ring (bicyclic) bond motifs is 1. The minimum absolute atomic E-state index is 0. The minimum atomic E-state index is 0. The Balaban J connectivity index is 0. The topological polar surface area (TPSA) is 0 Å². The number of rotatable bonds is 0. The molecule has 1 unspecified atom stereocenters. The molecule has 14 heavy (non-hydrogen) atoms. The number of halogens is 3. The van der Waals surface area contributed by atoms with Gasteiger partial charge in [-0.25, -0.2) is 0 Å². The predicted octanol–water partition coefficient (Wildman–Crippen LogP) is -6.51. The molecule has 0 radical (unpaired) electrons. The minimum Gasteiger partial charge on any atom is -1.00 e. The normalized spacial score (nSPS) is 21.4. The summed E-state index contributed by atoms with van der Waals surface area (Å²) >= 11 is 1.57. The van der Waals surface area contributed by atoms with Crippen LogP contribution >= 0.6 is 0 Å². The second-order valence-corrected chi connectivity index (χ2v) is 5.68. The van der Waals surface area contributed by atoms with Crippen molar-refractivity contribution in [1.29, 1.82) is 0 Å². The van der Waals surface area contributed by atoms with E-state index in [1.807, 2.05) is 0 Å². The molecule has 4 heteroatoms. The smallest absolute Gasteiger partial charge is 1.00 e.